The van der Waals surface area contributed by atoms with E-state index in [0.29, 0.717) is 23.7 Å². The monoisotopic (exact) mass is 592 g/mol. The summed E-state index contributed by atoms with van der Waals surface area (Å²) in [7, 11) is 3.18. The van der Waals surface area contributed by atoms with Crippen LogP contribution in [0.1, 0.15) is 54.3 Å². The van der Waals surface area contributed by atoms with Gasteiger partial charge in [-0.1, -0.05) is 31.4 Å². The molecule has 0 unspecified atom stereocenters. The van der Waals surface area contributed by atoms with E-state index in [9.17, 15) is 9.59 Å². The van der Waals surface area contributed by atoms with Gasteiger partial charge in [-0.3, -0.25) is 9.59 Å². The maximum Gasteiger partial charge on any atom is 0.248 e. The van der Waals surface area contributed by atoms with E-state index in [4.69, 9.17) is 13.9 Å². The quantitative estimate of drug-likeness (QED) is 0.254. The molecule has 12 heteroatoms. The molecular weight excluding hydrogens is 556 g/mol. The van der Waals surface area contributed by atoms with Crippen molar-refractivity contribution in [2.24, 2.45) is 0 Å². The van der Waals surface area contributed by atoms with Crippen molar-refractivity contribution in [1.29, 1.82) is 0 Å². The van der Waals surface area contributed by atoms with E-state index in [2.05, 4.69) is 20.7 Å². The first-order valence-corrected chi connectivity index (χ1v) is 15.0. The van der Waals surface area contributed by atoms with Gasteiger partial charge in [0.1, 0.15) is 18.3 Å². The molecule has 1 atom stereocenters. The number of carbonyl (C=O) groups is 2. The highest BCUT2D eigenvalue weighted by Gasteiger charge is 2.34. The number of aromatic nitrogens is 4. The summed E-state index contributed by atoms with van der Waals surface area (Å²) in [5.41, 5.74) is 0.942. The van der Waals surface area contributed by atoms with Gasteiger partial charge in [0, 0.05) is 17.5 Å². The molecule has 0 aliphatic heterocycles. The van der Waals surface area contributed by atoms with Crippen LogP contribution < -0.4 is 14.8 Å². The summed E-state index contributed by atoms with van der Waals surface area (Å²) in [5, 5.41) is 17.7. The zero-order chi connectivity index (χ0) is 29.5. The van der Waals surface area contributed by atoms with Gasteiger partial charge in [-0.2, -0.15) is 4.80 Å². The molecule has 0 bridgehead atoms. The third kappa shape index (κ3) is 6.99. The van der Waals surface area contributed by atoms with Gasteiger partial charge in [-0.25, -0.2) is 0 Å². The lowest BCUT2D eigenvalue weighted by atomic mass is 9.95. The minimum Gasteiger partial charge on any atom is -0.493 e. The normalized spacial score (nSPS) is 14.4. The second-order valence-electron chi connectivity index (χ2n) is 10.3. The largest absolute Gasteiger partial charge is 0.493 e. The van der Waals surface area contributed by atoms with Crippen molar-refractivity contribution in [1.82, 2.24) is 30.4 Å². The molecule has 5 rings (SSSR count). The van der Waals surface area contributed by atoms with Crippen molar-refractivity contribution in [2.45, 2.75) is 64.1 Å². The molecular formula is C30H36N6O5S. The number of ether oxygens (including phenoxy) is 2. The van der Waals surface area contributed by atoms with Crippen molar-refractivity contribution in [2.75, 3.05) is 20.8 Å². The fourth-order valence-electron chi connectivity index (χ4n) is 5.26. The topological polar surface area (TPSA) is 125 Å². The van der Waals surface area contributed by atoms with Crippen LogP contribution in [0.2, 0.25) is 0 Å². The van der Waals surface area contributed by atoms with Crippen LogP contribution in [0.5, 0.6) is 11.5 Å². The van der Waals surface area contributed by atoms with E-state index >= 15 is 0 Å². The number of aryl methyl sites for hydroxylation is 1. The summed E-state index contributed by atoms with van der Waals surface area (Å²) < 4.78 is 16.5. The maximum absolute atomic E-state index is 14.0. The first kappa shape index (κ1) is 29.3. The summed E-state index contributed by atoms with van der Waals surface area (Å²) in [5.74, 6) is 2.23. The lowest BCUT2D eigenvalue weighted by Gasteiger charge is -2.32. The number of hydrogen-bond donors (Lipinski definition) is 1. The van der Waals surface area contributed by atoms with Gasteiger partial charge in [0.05, 0.1) is 14.2 Å². The van der Waals surface area contributed by atoms with Gasteiger partial charge in [-0.15, -0.1) is 21.5 Å². The third-order valence-electron chi connectivity index (χ3n) is 7.42. The number of rotatable bonds is 12. The average Bonchev–Trinajstić information content (AvgIpc) is 3.78. The highest BCUT2D eigenvalue weighted by Crippen LogP contribution is 2.30. The number of benzene rings is 1. The third-order valence-corrected chi connectivity index (χ3v) is 8.35. The Morgan fingerprint density at radius 3 is 2.62 bits per heavy atom. The Bertz CT molecular complexity index is 1480. The molecule has 222 valence electrons. The van der Waals surface area contributed by atoms with Crippen molar-refractivity contribution >= 4 is 23.2 Å². The Kier molecular flexibility index (Phi) is 9.52. The number of carbonyl (C=O) groups excluding carboxylic acids is 2. The zero-order valence-electron chi connectivity index (χ0n) is 24.1. The van der Waals surface area contributed by atoms with Gasteiger partial charge >= 0.3 is 0 Å². The van der Waals surface area contributed by atoms with Crippen molar-refractivity contribution in [3.05, 3.63) is 64.0 Å². The SMILES string of the molecule is COc1ccc(CCN(C(=O)Cn2nnc(-c3ccc(C)o3)n2)[C@@H](C(=O)NC2CCCCC2)c2cccs2)cc1OC. The van der Waals surface area contributed by atoms with Crippen LogP contribution in [-0.4, -0.2) is 63.7 Å². The molecule has 0 spiro atoms. The van der Waals surface area contributed by atoms with E-state index in [0.717, 1.165) is 41.9 Å². The van der Waals surface area contributed by atoms with Crippen molar-refractivity contribution in [3.63, 3.8) is 0 Å². The predicted molar refractivity (Wildman–Crippen MR) is 157 cm³/mol. The van der Waals surface area contributed by atoms with Crippen LogP contribution in [-0.2, 0) is 22.6 Å². The van der Waals surface area contributed by atoms with Crippen LogP contribution in [0.15, 0.2) is 52.3 Å². The van der Waals surface area contributed by atoms with Crippen LogP contribution in [0, 0.1) is 6.92 Å². The first-order chi connectivity index (χ1) is 20.4. The predicted octanol–water partition coefficient (Wildman–Crippen LogP) is 4.58. The number of methoxy groups -OCH3 is 2. The summed E-state index contributed by atoms with van der Waals surface area (Å²) in [6.07, 6.45) is 5.74. The average molecular weight is 593 g/mol. The second kappa shape index (κ2) is 13.6. The molecule has 4 aromatic rings. The van der Waals surface area contributed by atoms with Crippen LogP contribution >= 0.6 is 11.3 Å². The van der Waals surface area contributed by atoms with E-state index in [1.54, 1.807) is 25.2 Å². The fraction of sp³-hybridized carbons (Fsp3) is 0.433. The number of thiophene rings is 1. The molecule has 3 heterocycles. The van der Waals surface area contributed by atoms with E-state index in [-0.39, 0.29) is 36.8 Å². The Labute approximate surface area is 248 Å². The lowest BCUT2D eigenvalue weighted by molar-refractivity contribution is -0.142. The highest BCUT2D eigenvalue weighted by molar-refractivity contribution is 7.10. The van der Waals surface area contributed by atoms with Gasteiger partial charge in [-0.05, 0) is 72.7 Å². The van der Waals surface area contributed by atoms with Gasteiger partial charge in [0.25, 0.3) is 0 Å². The summed E-state index contributed by atoms with van der Waals surface area (Å²) in [6, 6.07) is 12.3. The highest BCUT2D eigenvalue weighted by atomic mass is 32.1. The summed E-state index contributed by atoms with van der Waals surface area (Å²) in [4.78, 5) is 31.6. The van der Waals surface area contributed by atoms with Gasteiger partial charge < -0.3 is 24.1 Å². The molecule has 2 amide bonds. The first-order valence-electron chi connectivity index (χ1n) is 14.1. The van der Waals surface area contributed by atoms with Crippen molar-refractivity contribution in [3.8, 4) is 23.1 Å². The standard InChI is InChI=1S/C30H36N6O5S/c1-20-11-13-24(41-20)29-32-34-36(33-29)19-27(37)35(16-15-21-12-14-23(39-2)25(18-21)40-3)28(26-10-7-17-42-26)30(38)31-22-8-5-4-6-9-22/h7,10-14,17-18,22,28H,4-6,8-9,15-16,19H2,1-3H3,(H,31,38)/t28-/m1/s1. The Morgan fingerprint density at radius 1 is 1.12 bits per heavy atom. The molecule has 0 saturated heterocycles. The molecule has 42 heavy (non-hydrogen) atoms. The van der Waals surface area contributed by atoms with Crippen LogP contribution in [0.3, 0.4) is 0 Å². The summed E-state index contributed by atoms with van der Waals surface area (Å²) >= 11 is 1.46. The smallest absolute Gasteiger partial charge is 0.248 e. The molecule has 1 aliphatic carbocycles. The van der Waals surface area contributed by atoms with Gasteiger partial charge in [0.2, 0.25) is 17.6 Å². The van der Waals surface area contributed by atoms with E-state index < -0.39 is 6.04 Å². The number of furan rings is 1. The number of hydrogen-bond acceptors (Lipinski definition) is 9. The second-order valence-corrected chi connectivity index (χ2v) is 11.3. The van der Waals surface area contributed by atoms with E-state index in [1.807, 2.05) is 48.7 Å². The molecule has 3 aromatic heterocycles. The Morgan fingerprint density at radius 2 is 1.93 bits per heavy atom. The summed E-state index contributed by atoms with van der Waals surface area (Å²) in [6.45, 7) is 1.93. The minimum absolute atomic E-state index is 0.104. The number of nitrogens with zero attached hydrogens (tertiary/aromatic N) is 5. The minimum atomic E-state index is -0.796. The van der Waals surface area contributed by atoms with E-state index in [1.165, 1.54) is 22.6 Å². The van der Waals surface area contributed by atoms with Gasteiger partial charge in [0.15, 0.2) is 17.3 Å². The molecule has 0 radical (unpaired) electrons. The zero-order valence-corrected chi connectivity index (χ0v) is 24.9. The van der Waals surface area contributed by atoms with Crippen molar-refractivity contribution < 1.29 is 23.5 Å². The van der Waals surface area contributed by atoms with Crippen LogP contribution in [0.4, 0.5) is 0 Å². The molecule has 1 N–H and O–H groups in total. The number of nitrogens with one attached hydrogen (secondary N) is 1. The fourth-order valence-corrected chi connectivity index (χ4v) is 6.09. The van der Waals surface area contributed by atoms with Crippen LogP contribution in [0.25, 0.3) is 11.6 Å². The molecule has 1 saturated carbocycles. The molecule has 11 nitrogen and oxygen atoms in total. The molecule has 1 fully saturated rings. The molecule has 1 aliphatic rings. The Hall–Kier alpha value is -4.19. The Balaban J connectivity index is 1.42. The number of amides is 2. The maximum atomic E-state index is 14.0. The lowest BCUT2D eigenvalue weighted by Crippen LogP contribution is -2.48. The number of tetrazole rings is 1. The molecule has 1 aromatic carbocycles.